The normalized spacial score (nSPS) is 16.7. The van der Waals surface area contributed by atoms with E-state index in [2.05, 4.69) is 29.1 Å². The molecular weight excluding hydrogens is 406 g/mol. The third-order valence-corrected chi connectivity index (χ3v) is 3.89. The number of aliphatic imine (C=N–C) groups is 1. The highest BCUT2D eigenvalue weighted by atomic mass is 127. The van der Waals surface area contributed by atoms with Crippen LogP contribution in [0.1, 0.15) is 38.3 Å². The highest BCUT2D eigenvalue weighted by molar-refractivity contribution is 14.0. The Morgan fingerprint density at radius 3 is 2.74 bits per heavy atom. The van der Waals surface area contributed by atoms with Gasteiger partial charge in [0, 0.05) is 25.2 Å². The van der Waals surface area contributed by atoms with E-state index in [1.807, 2.05) is 13.0 Å². The first-order valence-electron chi connectivity index (χ1n) is 7.67. The van der Waals surface area contributed by atoms with Crippen LogP contribution in [0.4, 0.5) is 4.39 Å². The fourth-order valence-corrected chi connectivity index (χ4v) is 2.62. The lowest BCUT2D eigenvalue weighted by molar-refractivity contribution is 0.370. The summed E-state index contributed by atoms with van der Waals surface area (Å²) in [5, 5.41) is 12.0. The maximum atomic E-state index is 13.9. The molecule has 1 N–H and O–H groups in total. The lowest BCUT2D eigenvalue weighted by Gasteiger charge is -2.23. The zero-order chi connectivity index (χ0) is 16.2. The van der Waals surface area contributed by atoms with Gasteiger partial charge in [-0.3, -0.25) is 0 Å². The van der Waals surface area contributed by atoms with Crippen LogP contribution in [-0.4, -0.2) is 30.5 Å². The molecule has 0 aliphatic carbocycles. The number of nitriles is 1. The van der Waals surface area contributed by atoms with E-state index in [9.17, 15) is 4.39 Å². The quantitative estimate of drug-likeness (QED) is 0.454. The summed E-state index contributed by atoms with van der Waals surface area (Å²) in [7, 11) is 0. The van der Waals surface area contributed by atoms with Crippen molar-refractivity contribution in [2.75, 3.05) is 19.6 Å². The molecule has 1 aromatic carbocycles. The fraction of sp³-hybridized carbons (Fsp3) is 0.529. The highest BCUT2D eigenvalue weighted by Gasteiger charge is 2.30. The van der Waals surface area contributed by atoms with Crippen molar-refractivity contribution in [2.45, 2.75) is 33.7 Å². The molecule has 0 unspecified atom stereocenters. The minimum absolute atomic E-state index is 0. The van der Waals surface area contributed by atoms with Crippen molar-refractivity contribution in [3.63, 3.8) is 0 Å². The van der Waals surface area contributed by atoms with Crippen LogP contribution in [-0.2, 0) is 6.54 Å². The number of nitrogens with zero attached hydrogens (tertiary/aromatic N) is 3. The molecule has 1 heterocycles. The Labute approximate surface area is 154 Å². The molecule has 1 saturated heterocycles. The molecule has 0 spiro atoms. The number of likely N-dealkylation sites (tertiary alicyclic amines) is 1. The maximum absolute atomic E-state index is 13.9. The molecule has 1 aliphatic rings. The second kappa shape index (κ2) is 8.48. The summed E-state index contributed by atoms with van der Waals surface area (Å²) in [6.45, 7) is 9.50. The first-order chi connectivity index (χ1) is 10.4. The largest absolute Gasteiger partial charge is 0.357 e. The number of hydrogen-bond acceptors (Lipinski definition) is 2. The van der Waals surface area contributed by atoms with Gasteiger partial charge in [-0.1, -0.05) is 19.9 Å². The van der Waals surface area contributed by atoms with Crippen molar-refractivity contribution in [3.05, 3.63) is 35.1 Å². The maximum Gasteiger partial charge on any atom is 0.194 e. The second-order valence-corrected chi connectivity index (χ2v) is 6.42. The highest BCUT2D eigenvalue weighted by Crippen LogP contribution is 2.28. The molecule has 6 heteroatoms. The van der Waals surface area contributed by atoms with Gasteiger partial charge in [0.1, 0.15) is 5.82 Å². The van der Waals surface area contributed by atoms with Crippen molar-refractivity contribution >= 4 is 29.9 Å². The Morgan fingerprint density at radius 1 is 1.48 bits per heavy atom. The molecule has 23 heavy (non-hydrogen) atoms. The SMILES string of the molecule is CCNC(=NCc1ccc(C#N)cc1F)N1CCC(C)(C)C1.I. The van der Waals surface area contributed by atoms with E-state index in [0.29, 0.717) is 11.1 Å². The molecule has 0 amide bonds. The van der Waals surface area contributed by atoms with Gasteiger partial charge in [0.25, 0.3) is 0 Å². The smallest absolute Gasteiger partial charge is 0.194 e. The third-order valence-electron chi connectivity index (χ3n) is 3.89. The van der Waals surface area contributed by atoms with Crippen LogP contribution in [0.3, 0.4) is 0 Å². The van der Waals surface area contributed by atoms with Gasteiger partial charge in [-0.25, -0.2) is 9.38 Å². The molecule has 2 rings (SSSR count). The summed E-state index contributed by atoms with van der Waals surface area (Å²) in [4.78, 5) is 6.78. The van der Waals surface area contributed by atoms with Gasteiger partial charge in [-0.2, -0.15) is 5.26 Å². The van der Waals surface area contributed by atoms with E-state index in [4.69, 9.17) is 5.26 Å². The second-order valence-electron chi connectivity index (χ2n) is 6.42. The molecule has 1 fully saturated rings. The van der Waals surface area contributed by atoms with Crippen LogP contribution in [0, 0.1) is 22.6 Å². The zero-order valence-electron chi connectivity index (χ0n) is 13.9. The Balaban J connectivity index is 0.00000264. The van der Waals surface area contributed by atoms with Gasteiger partial charge < -0.3 is 10.2 Å². The van der Waals surface area contributed by atoms with E-state index in [1.165, 1.54) is 6.07 Å². The summed E-state index contributed by atoms with van der Waals surface area (Å²) < 4.78 is 13.9. The van der Waals surface area contributed by atoms with Gasteiger partial charge in [0.2, 0.25) is 0 Å². The topological polar surface area (TPSA) is 51.4 Å². The summed E-state index contributed by atoms with van der Waals surface area (Å²) in [5.41, 5.74) is 1.13. The van der Waals surface area contributed by atoms with E-state index in [-0.39, 0.29) is 41.8 Å². The van der Waals surface area contributed by atoms with Gasteiger partial charge in [-0.05, 0) is 30.9 Å². The van der Waals surface area contributed by atoms with Crippen LogP contribution < -0.4 is 5.32 Å². The van der Waals surface area contributed by atoms with Gasteiger partial charge in [0.15, 0.2) is 5.96 Å². The zero-order valence-corrected chi connectivity index (χ0v) is 16.2. The lowest BCUT2D eigenvalue weighted by atomic mass is 9.93. The van der Waals surface area contributed by atoms with E-state index < -0.39 is 0 Å². The summed E-state index contributed by atoms with van der Waals surface area (Å²) in [5.74, 6) is 0.456. The third kappa shape index (κ3) is 5.34. The summed E-state index contributed by atoms with van der Waals surface area (Å²) in [6, 6.07) is 6.46. The summed E-state index contributed by atoms with van der Waals surface area (Å²) >= 11 is 0. The number of halogens is 2. The predicted octanol–water partition coefficient (Wildman–Crippen LogP) is 3.51. The number of rotatable bonds is 3. The Bertz CT molecular complexity index is 607. The van der Waals surface area contributed by atoms with Gasteiger partial charge in [0.05, 0.1) is 18.2 Å². The van der Waals surface area contributed by atoms with Crippen molar-refractivity contribution in [1.29, 1.82) is 5.26 Å². The minimum Gasteiger partial charge on any atom is -0.357 e. The molecule has 0 atom stereocenters. The van der Waals surface area contributed by atoms with Crippen LogP contribution in [0.15, 0.2) is 23.2 Å². The van der Waals surface area contributed by atoms with E-state index in [0.717, 1.165) is 32.0 Å². The first-order valence-corrected chi connectivity index (χ1v) is 7.67. The molecular formula is C17H24FIN4. The van der Waals surface area contributed by atoms with Crippen molar-refractivity contribution in [3.8, 4) is 6.07 Å². The molecule has 0 bridgehead atoms. The molecule has 1 aromatic rings. The number of nitrogens with one attached hydrogen (secondary N) is 1. The Kier molecular flexibility index (Phi) is 7.26. The van der Waals surface area contributed by atoms with Gasteiger partial charge in [-0.15, -0.1) is 24.0 Å². The van der Waals surface area contributed by atoms with Crippen LogP contribution in [0.2, 0.25) is 0 Å². The molecule has 0 saturated carbocycles. The minimum atomic E-state index is -0.375. The average Bonchev–Trinajstić information content (AvgIpc) is 2.84. The molecule has 1 aliphatic heterocycles. The summed E-state index contributed by atoms with van der Waals surface area (Å²) in [6.07, 6.45) is 1.13. The van der Waals surface area contributed by atoms with E-state index >= 15 is 0 Å². The monoisotopic (exact) mass is 430 g/mol. The average molecular weight is 430 g/mol. The predicted molar refractivity (Wildman–Crippen MR) is 101 cm³/mol. The Hall–Kier alpha value is -1.36. The Morgan fingerprint density at radius 2 is 2.22 bits per heavy atom. The standard InChI is InChI=1S/C17H23FN4.HI/c1-4-20-16(22-8-7-17(2,3)12-22)21-11-14-6-5-13(10-19)9-15(14)18;/h5-6,9H,4,7-8,11-12H2,1-3H3,(H,20,21);1H. The molecule has 4 nitrogen and oxygen atoms in total. The van der Waals surface area contributed by atoms with E-state index in [1.54, 1.807) is 12.1 Å². The van der Waals surface area contributed by atoms with Crippen molar-refractivity contribution in [1.82, 2.24) is 10.2 Å². The van der Waals surface area contributed by atoms with Crippen molar-refractivity contribution in [2.24, 2.45) is 10.4 Å². The number of benzene rings is 1. The van der Waals surface area contributed by atoms with Crippen LogP contribution in [0.5, 0.6) is 0 Å². The van der Waals surface area contributed by atoms with Crippen LogP contribution >= 0.6 is 24.0 Å². The van der Waals surface area contributed by atoms with Crippen molar-refractivity contribution < 1.29 is 4.39 Å². The van der Waals surface area contributed by atoms with Gasteiger partial charge >= 0.3 is 0 Å². The lowest BCUT2D eigenvalue weighted by Crippen LogP contribution is -2.40. The number of guanidine groups is 1. The molecule has 0 radical (unpaired) electrons. The van der Waals surface area contributed by atoms with Crippen LogP contribution in [0.25, 0.3) is 0 Å². The molecule has 0 aromatic heterocycles. The number of hydrogen-bond donors (Lipinski definition) is 1. The first kappa shape index (κ1) is 19.7. The fourth-order valence-electron chi connectivity index (χ4n) is 2.62. The molecule has 126 valence electrons.